The summed E-state index contributed by atoms with van der Waals surface area (Å²) in [6.45, 7) is 6.65. The zero-order valence-electron chi connectivity index (χ0n) is 10.9. The molecule has 1 atom stereocenters. The first-order chi connectivity index (χ1) is 8.02. The van der Waals surface area contributed by atoms with Crippen LogP contribution in [0, 0.1) is 5.92 Å². The Labute approximate surface area is 118 Å². The molecule has 3 heteroatoms. The number of thioether (sulfide) groups is 1. The van der Waals surface area contributed by atoms with Crippen LogP contribution in [0.4, 0.5) is 0 Å². The van der Waals surface area contributed by atoms with E-state index in [-0.39, 0.29) is 6.04 Å². The van der Waals surface area contributed by atoms with Crippen molar-refractivity contribution in [1.82, 2.24) is 0 Å². The molecule has 0 aromatic heterocycles. The van der Waals surface area contributed by atoms with Crippen LogP contribution in [0.15, 0.2) is 27.6 Å². The molecule has 0 aliphatic heterocycles. The SMILES string of the molecule is CCC(N)Cc1cc(Br)ccc1SCC(C)C. The Bertz CT molecular complexity index is 352. The summed E-state index contributed by atoms with van der Waals surface area (Å²) in [4.78, 5) is 1.38. The second-order valence-corrected chi connectivity index (χ2v) is 6.81. The maximum Gasteiger partial charge on any atom is 0.0178 e. The minimum absolute atomic E-state index is 0.266. The Hall–Kier alpha value is 0.01000. The molecule has 1 aromatic rings. The minimum Gasteiger partial charge on any atom is -0.327 e. The third-order valence-electron chi connectivity index (χ3n) is 2.60. The monoisotopic (exact) mass is 315 g/mol. The van der Waals surface area contributed by atoms with Crippen molar-refractivity contribution in [2.45, 2.75) is 44.6 Å². The van der Waals surface area contributed by atoms with Crippen LogP contribution in [0.25, 0.3) is 0 Å². The fraction of sp³-hybridized carbons (Fsp3) is 0.571. The van der Waals surface area contributed by atoms with E-state index in [1.807, 2.05) is 11.8 Å². The molecule has 96 valence electrons. The first kappa shape index (κ1) is 15.1. The highest BCUT2D eigenvalue weighted by Crippen LogP contribution is 2.28. The van der Waals surface area contributed by atoms with Gasteiger partial charge in [-0.3, -0.25) is 0 Å². The summed E-state index contributed by atoms with van der Waals surface area (Å²) in [5.74, 6) is 1.88. The number of nitrogens with two attached hydrogens (primary N) is 1. The molecule has 17 heavy (non-hydrogen) atoms. The van der Waals surface area contributed by atoms with E-state index in [0.29, 0.717) is 0 Å². The van der Waals surface area contributed by atoms with Crippen molar-refractivity contribution in [2.75, 3.05) is 5.75 Å². The molecule has 0 radical (unpaired) electrons. The molecular formula is C14H22BrNS. The van der Waals surface area contributed by atoms with Gasteiger partial charge in [-0.2, -0.15) is 0 Å². The zero-order valence-corrected chi connectivity index (χ0v) is 13.3. The second kappa shape index (κ2) is 7.45. The second-order valence-electron chi connectivity index (χ2n) is 4.83. The Morgan fingerprint density at radius 1 is 1.35 bits per heavy atom. The third kappa shape index (κ3) is 5.45. The summed E-state index contributed by atoms with van der Waals surface area (Å²) in [6.07, 6.45) is 2.00. The number of halogens is 1. The molecule has 0 bridgehead atoms. The molecule has 1 nitrogen and oxygen atoms in total. The lowest BCUT2D eigenvalue weighted by molar-refractivity contribution is 0.640. The minimum atomic E-state index is 0.266. The van der Waals surface area contributed by atoms with Gasteiger partial charge in [-0.25, -0.2) is 0 Å². The third-order valence-corrected chi connectivity index (χ3v) is 4.64. The van der Waals surface area contributed by atoms with Crippen LogP contribution in [-0.4, -0.2) is 11.8 Å². The maximum atomic E-state index is 6.06. The smallest absolute Gasteiger partial charge is 0.0178 e. The van der Waals surface area contributed by atoms with Crippen molar-refractivity contribution in [1.29, 1.82) is 0 Å². The summed E-state index contributed by atoms with van der Waals surface area (Å²) in [5.41, 5.74) is 7.43. The molecule has 2 N–H and O–H groups in total. The van der Waals surface area contributed by atoms with Crippen molar-refractivity contribution in [3.8, 4) is 0 Å². The molecule has 0 aliphatic carbocycles. The van der Waals surface area contributed by atoms with E-state index in [1.165, 1.54) is 10.5 Å². The summed E-state index contributed by atoms with van der Waals surface area (Å²) < 4.78 is 1.14. The normalized spacial score (nSPS) is 13.1. The molecule has 1 aromatic carbocycles. The van der Waals surface area contributed by atoms with E-state index in [1.54, 1.807) is 0 Å². The van der Waals surface area contributed by atoms with Gasteiger partial charge in [0, 0.05) is 21.2 Å². The largest absolute Gasteiger partial charge is 0.327 e. The van der Waals surface area contributed by atoms with Crippen LogP contribution in [-0.2, 0) is 6.42 Å². The summed E-state index contributed by atoms with van der Waals surface area (Å²) in [6, 6.07) is 6.79. The Kier molecular flexibility index (Phi) is 6.60. The first-order valence-electron chi connectivity index (χ1n) is 6.19. The lowest BCUT2D eigenvalue weighted by Crippen LogP contribution is -2.21. The van der Waals surface area contributed by atoms with Crippen LogP contribution in [0.1, 0.15) is 32.8 Å². The molecule has 0 amide bonds. The maximum absolute atomic E-state index is 6.06. The molecule has 1 unspecified atom stereocenters. The molecule has 1 rings (SSSR count). The summed E-state index contributed by atoms with van der Waals surface area (Å²) >= 11 is 5.48. The van der Waals surface area contributed by atoms with Gasteiger partial charge in [0.15, 0.2) is 0 Å². The Morgan fingerprint density at radius 2 is 2.06 bits per heavy atom. The molecule has 0 saturated heterocycles. The topological polar surface area (TPSA) is 26.0 Å². The molecule has 0 heterocycles. The number of hydrogen-bond donors (Lipinski definition) is 1. The first-order valence-corrected chi connectivity index (χ1v) is 7.97. The van der Waals surface area contributed by atoms with Crippen molar-refractivity contribution in [3.63, 3.8) is 0 Å². The van der Waals surface area contributed by atoms with Gasteiger partial charge in [0.2, 0.25) is 0 Å². The van der Waals surface area contributed by atoms with Crippen LogP contribution in [0.2, 0.25) is 0 Å². The van der Waals surface area contributed by atoms with E-state index < -0.39 is 0 Å². The predicted molar refractivity (Wildman–Crippen MR) is 81.7 cm³/mol. The predicted octanol–water partition coefficient (Wildman–Crippen LogP) is 4.48. The van der Waals surface area contributed by atoms with E-state index in [0.717, 1.165) is 29.0 Å². The van der Waals surface area contributed by atoms with Crippen LogP contribution in [0.5, 0.6) is 0 Å². The highest BCUT2D eigenvalue weighted by atomic mass is 79.9. The molecule has 0 spiro atoms. The van der Waals surface area contributed by atoms with Gasteiger partial charge in [-0.15, -0.1) is 11.8 Å². The van der Waals surface area contributed by atoms with Gasteiger partial charge in [0.25, 0.3) is 0 Å². The van der Waals surface area contributed by atoms with E-state index in [4.69, 9.17) is 5.73 Å². The summed E-state index contributed by atoms with van der Waals surface area (Å²) in [7, 11) is 0. The Balaban J connectivity index is 2.79. The summed E-state index contributed by atoms with van der Waals surface area (Å²) in [5, 5.41) is 0. The fourth-order valence-corrected chi connectivity index (χ4v) is 2.94. The van der Waals surface area contributed by atoms with Gasteiger partial charge in [-0.1, -0.05) is 36.7 Å². The number of benzene rings is 1. The van der Waals surface area contributed by atoms with Gasteiger partial charge in [-0.05, 0) is 42.5 Å². The lowest BCUT2D eigenvalue weighted by atomic mass is 10.1. The molecule has 0 fully saturated rings. The van der Waals surface area contributed by atoms with E-state index >= 15 is 0 Å². The highest BCUT2D eigenvalue weighted by Gasteiger charge is 2.08. The van der Waals surface area contributed by atoms with Crippen molar-refractivity contribution in [3.05, 3.63) is 28.2 Å². The van der Waals surface area contributed by atoms with Crippen molar-refractivity contribution in [2.24, 2.45) is 11.7 Å². The Morgan fingerprint density at radius 3 is 2.65 bits per heavy atom. The highest BCUT2D eigenvalue weighted by molar-refractivity contribution is 9.10. The van der Waals surface area contributed by atoms with Gasteiger partial charge >= 0.3 is 0 Å². The molecule has 0 aliphatic rings. The van der Waals surface area contributed by atoms with Gasteiger partial charge in [0.1, 0.15) is 0 Å². The quantitative estimate of drug-likeness (QED) is 0.783. The molecule has 0 saturated carbocycles. The lowest BCUT2D eigenvalue weighted by Gasteiger charge is -2.14. The van der Waals surface area contributed by atoms with E-state index in [2.05, 4.69) is 54.9 Å². The van der Waals surface area contributed by atoms with Crippen LogP contribution >= 0.6 is 27.7 Å². The number of rotatable bonds is 6. The average molecular weight is 316 g/mol. The van der Waals surface area contributed by atoms with Gasteiger partial charge < -0.3 is 5.73 Å². The van der Waals surface area contributed by atoms with Crippen molar-refractivity contribution < 1.29 is 0 Å². The van der Waals surface area contributed by atoms with Gasteiger partial charge in [0.05, 0.1) is 0 Å². The standard InChI is InChI=1S/C14H22BrNS/c1-4-13(16)8-11-7-12(15)5-6-14(11)17-9-10(2)3/h5-7,10,13H,4,8-9,16H2,1-3H3. The van der Waals surface area contributed by atoms with E-state index in [9.17, 15) is 0 Å². The zero-order chi connectivity index (χ0) is 12.8. The molecular weight excluding hydrogens is 294 g/mol. The number of hydrogen-bond acceptors (Lipinski definition) is 2. The van der Waals surface area contributed by atoms with Crippen LogP contribution in [0.3, 0.4) is 0 Å². The van der Waals surface area contributed by atoms with Crippen molar-refractivity contribution >= 4 is 27.7 Å². The fourth-order valence-electron chi connectivity index (χ4n) is 1.53. The van der Waals surface area contributed by atoms with Crippen LogP contribution < -0.4 is 5.73 Å². The average Bonchev–Trinajstić information content (AvgIpc) is 2.27.